The van der Waals surface area contributed by atoms with Crippen molar-refractivity contribution in [2.75, 3.05) is 17.3 Å². The fourth-order valence-corrected chi connectivity index (χ4v) is 3.44. The SMILES string of the molecule is CC[C@@H](Nc1c(N(C)c2cccc(O)c2)c(=O)c1=O)[C@H]1CC[C@@H](C)O1. The fraction of sp³-hybridized carbons (Fsp3) is 0.474. The first-order valence-electron chi connectivity index (χ1n) is 8.70. The highest BCUT2D eigenvalue weighted by atomic mass is 16.5. The van der Waals surface area contributed by atoms with Crippen LogP contribution in [0.5, 0.6) is 5.75 Å². The van der Waals surface area contributed by atoms with Crippen LogP contribution in [0.3, 0.4) is 0 Å². The lowest BCUT2D eigenvalue weighted by molar-refractivity contribution is 0.0438. The molecule has 0 unspecified atom stereocenters. The van der Waals surface area contributed by atoms with Gasteiger partial charge >= 0.3 is 0 Å². The van der Waals surface area contributed by atoms with Gasteiger partial charge in [0.25, 0.3) is 10.9 Å². The van der Waals surface area contributed by atoms with Gasteiger partial charge in [-0.1, -0.05) is 13.0 Å². The summed E-state index contributed by atoms with van der Waals surface area (Å²) in [7, 11) is 1.71. The summed E-state index contributed by atoms with van der Waals surface area (Å²) in [5, 5.41) is 12.9. The molecule has 3 rings (SSSR count). The van der Waals surface area contributed by atoms with E-state index in [-0.39, 0.29) is 24.0 Å². The number of aromatic hydroxyl groups is 1. The predicted octanol–water partition coefficient (Wildman–Crippen LogP) is 2.51. The van der Waals surface area contributed by atoms with Crippen molar-refractivity contribution < 1.29 is 9.84 Å². The second-order valence-electron chi connectivity index (χ2n) is 6.68. The zero-order chi connectivity index (χ0) is 18.1. The molecular formula is C19H24N2O4. The highest BCUT2D eigenvalue weighted by Gasteiger charge is 2.32. The number of hydrogen-bond donors (Lipinski definition) is 2. The first-order chi connectivity index (χ1) is 11.9. The largest absolute Gasteiger partial charge is 0.508 e. The van der Waals surface area contributed by atoms with Gasteiger partial charge in [0, 0.05) is 18.8 Å². The van der Waals surface area contributed by atoms with Gasteiger partial charge in [0.1, 0.15) is 17.1 Å². The van der Waals surface area contributed by atoms with Gasteiger partial charge in [-0.05, 0) is 38.3 Å². The molecule has 3 atom stereocenters. The highest BCUT2D eigenvalue weighted by Crippen LogP contribution is 2.31. The van der Waals surface area contributed by atoms with Crippen LogP contribution in [0.4, 0.5) is 17.1 Å². The van der Waals surface area contributed by atoms with E-state index in [9.17, 15) is 14.7 Å². The molecule has 0 radical (unpaired) electrons. The molecular weight excluding hydrogens is 320 g/mol. The van der Waals surface area contributed by atoms with Crippen molar-refractivity contribution in [2.45, 2.75) is 51.4 Å². The van der Waals surface area contributed by atoms with Crippen LogP contribution in [-0.2, 0) is 4.74 Å². The second kappa shape index (κ2) is 6.88. The third kappa shape index (κ3) is 3.26. The average Bonchev–Trinajstić information content (AvgIpc) is 3.03. The van der Waals surface area contributed by atoms with E-state index >= 15 is 0 Å². The molecule has 0 aromatic heterocycles. The van der Waals surface area contributed by atoms with Gasteiger partial charge in [-0.3, -0.25) is 9.59 Å². The molecule has 0 amide bonds. The van der Waals surface area contributed by atoms with E-state index in [4.69, 9.17) is 4.74 Å². The number of anilines is 3. The van der Waals surface area contributed by atoms with Gasteiger partial charge in [0.15, 0.2) is 0 Å². The summed E-state index contributed by atoms with van der Waals surface area (Å²) in [4.78, 5) is 25.9. The van der Waals surface area contributed by atoms with Crippen molar-refractivity contribution in [1.29, 1.82) is 0 Å². The minimum absolute atomic E-state index is 0.00965. The lowest BCUT2D eigenvalue weighted by atomic mass is 10.0. The molecule has 2 N–H and O–H groups in total. The summed E-state index contributed by atoms with van der Waals surface area (Å²) in [5.74, 6) is 0.109. The molecule has 0 saturated carbocycles. The lowest BCUT2D eigenvalue weighted by Gasteiger charge is -2.29. The zero-order valence-electron chi connectivity index (χ0n) is 14.8. The van der Waals surface area contributed by atoms with Crippen LogP contribution in [0.25, 0.3) is 0 Å². The van der Waals surface area contributed by atoms with E-state index in [1.807, 2.05) is 13.8 Å². The van der Waals surface area contributed by atoms with E-state index in [1.165, 1.54) is 0 Å². The minimum Gasteiger partial charge on any atom is -0.508 e. The molecule has 2 aromatic carbocycles. The van der Waals surface area contributed by atoms with E-state index in [0.29, 0.717) is 17.1 Å². The molecule has 25 heavy (non-hydrogen) atoms. The Balaban J connectivity index is 1.85. The molecule has 1 aliphatic rings. The average molecular weight is 344 g/mol. The summed E-state index contributed by atoms with van der Waals surface area (Å²) in [6.45, 7) is 4.08. The summed E-state index contributed by atoms with van der Waals surface area (Å²) in [6.07, 6.45) is 3.02. The first kappa shape index (κ1) is 17.5. The Morgan fingerprint density at radius 1 is 1.32 bits per heavy atom. The summed E-state index contributed by atoms with van der Waals surface area (Å²) in [6, 6.07) is 6.58. The molecule has 0 aliphatic carbocycles. The van der Waals surface area contributed by atoms with Crippen molar-refractivity contribution in [1.82, 2.24) is 0 Å². The minimum atomic E-state index is -0.510. The summed E-state index contributed by atoms with van der Waals surface area (Å²) >= 11 is 0. The number of ether oxygens (including phenoxy) is 1. The van der Waals surface area contributed by atoms with Crippen LogP contribution < -0.4 is 21.1 Å². The zero-order valence-corrected chi connectivity index (χ0v) is 14.8. The number of nitrogens with zero attached hydrogens (tertiary/aromatic N) is 1. The molecule has 1 aliphatic heterocycles. The van der Waals surface area contributed by atoms with Crippen molar-refractivity contribution >= 4 is 17.1 Å². The molecule has 6 nitrogen and oxygen atoms in total. The maximum Gasteiger partial charge on any atom is 0.253 e. The first-order valence-corrected chi connectivity index (χ1v) is 8.70. The Kier molecular flexibility index (Phi) is 4.81. The Morgan fingerprint density at radius 3 is 2.68 bits per heavy atom. The molecule has 6 heteroatoms. The van der Waals surface area contributed by atoms with Crippen LogP contribution >= 0.6 is 0 Å². The van der Waals surface area contributed by atoms with Crippen molar-refractivity contribution in [3.8, 4) is 5.75 Å². The smallest absolute Gasteiger partial charge is 0.253 e. The topological polar surface area (TPSA) is 78.9 Å². The molecule has 134 valence electrons. The van der Waals surface area contributed by atoms with Crippen LogP contribution in [0, 0.1) is 0 Å². The van der Waals surface area contributed by atoms with Gasteiger partial charge in [0.2, 0.25) is 0 Å². The van der Waals surface area contributed by atoms with Crippen LogP contribution in [0.1, 0.15) is 33.1 Å². The number of hydrogen-bond acceptors (Lipinski definition) is 6. The Morgan fingerprint density at radius 2 is 2.08 bits per heavy atom. The van der Waals surface area contributed by atoms with Crippen LogP contribution in [0.15, 0.2) is 33.9 Å². The predicted molar refractivity (Wildman–Crippen MR) is 98.8 cm³/mol. The number of phenols is 1. The molecule has 1 saturated heterocycles. The third-order valence-corrected chi connectivity index (χ3v) is 4.92. The van der Waals surface area contributed by atoms with Crippen molar-refractivity contribution in [2.24, 2.45) is 0 Å². The molecule has 1 heterocycles. The number of phenolic OH excluding ortho intramolecular Hbond substituents is 1. The third-order valence-electron chi connectivity index (χ3n) is 4.92. The van der Waals surface area contributed by atoms with Gasteiger partial charge in [-0.2, -0.15) is 0 Å². The van der Waals surface area contributed by atoms with E-state index in [2.05, 4.69) is 5.32 Å². The molecule has 2 aromatic rings. The van der Waals surface area contributed by atoms with Gasteiger partial charge < -0.3 is 20.1 Å². The fourth-order valence-electron chi connectivity index (χ4n) is 3.44. The van der Waals surface area contributed by atoms with Gasteiger partial charge in [-0.15, -0.1) is 0 Å². The Hall–Kier alpha value is -2.34. The normalized spacial score (nSPS) is 21.4. The maximum atomic E-state index is 12.1. The van der Waals surface area contributed by atoms with Crippen molar-refractivity contribution in [3.63, 3.8) is 0 Å². The van der Waals surface area contributed by atoms with Crippen LogP contribution in [0.2, 0.25) is 0 Å². The number of benzene rings is 1. The highest BCUT2D eigenvalue weighted by molar-refractivity contribution is 5.80. The van der Waals surface area contributed by atoms with Crippen LogP contribution in [-0.4, -0.2) is 30.4 Å². The lowest BCUT2D eigenvalue weighted by Crippen LogP contribution is -2.44. The Labute approximate surface area is 146 Å². The molecule has 1 fully saturated rings. The van der Waals surface area contributed by atoms with E-state index in [0.717, 1.165) is 19.3 Å². The summed E-state index contributed by atoms with van der Waals surface area (Å²) < 4.78 is 5.91. The number of rotatable bonds is 6. The molecule has 0 bridgehead atoms. The standard InChI is InChI=1S/C19H24N2O4/c1-4-14(15-9-8-11(2)25-15)20-16-17(19(24)18(16)23)21(3)12-6-5-7-13(22)10-12/h5-7,10-11,14-15,20,22H,4,8-9H2,1-3H3/t11-,14-,15-/m1/s1. The summed E-state index contributed by atoms with van der Waals surface area (Å²) in [5.41, 5.74) is 0.315. The van der Waals surface area contributed by atoms with Gasteiger partial charge in [0.05, 0.1) is 18.2 Å². The monoisotopic (exact) mass is 344 g/mol. The maximum absolute atomic E-state index is 12.1. The molecule has 0 spiro atoms. The Bertz CT molecular complexity index is 825. The van der Waals surface area contributed by atoms with Crippen molar-refractivity contribution in [3.05, 3.63) is 44.7 Å². The quantitative estimate of drug-likeness (QED) is 0.784. The van der Waals surface area contributed by atoms with E-state index < -0.39 is 10.9 Å². The van der Waals surface area contributed by atoms with E-state index in [1.54, 1.807) is 36.2 Å². The second-order valence-corrected chi connectivity index (χ2v) is 6.68. The van der Waals surface area contributed by atoms with Gasteiger partial charge in [-0.25, -0.2) is 0 Å². The number of nitrogens with one attached hydrogen (secondary N) is 1.